The Bertz CT molecular complexity index is 1150. The van der Waals surface area contributed by atoms with Crippen LogP contribution in [0.15, 0.2) is 66.0 Å². The Morgan fingerprint density at radius 3 is 2.72 bits per heavy atom. The largest absolute Gasteiger partial charge is 0.380 e. The summed E-state index contributed by atoms with van der Waals surface area (Å²) < 4.78 is 1.32. The molecule has 0 amide bonds. The molecule has 0 unspecified atom stereocenters. The van der Waals surface area contributed by atoms with E-state index in [-0.39, 0.29) is 0 Å². The van der Waals surface area contributed by atoms with Crippen molar-refractivity contribution in [1.29, 1.82) is 0 Å². The molecule has 29 heavy (non-hydrogen) atoms. The Morgan fingerprint density at radius 1 is 0.966 bits per heavy atom. The van der Waals surface area contributed by atoms with Gasteiger partial charge in [-0.25, -0.2) is 0 Å². The zero-order chi connectivity index (χ0) is 19.6. The van der Waals surface area contributed by atoms with Crippen LogP contribution in [0.2, 0.25) is 5.02 Å². The average molecular weight is 419 g/mol. The van der Waals surface area contributed by atoms with Gasteiger partial charge < -0.3 is 10.6 Å². The highest BCUT2D eigenvalue weighted by molar-refractivity contribution is 7.17. The zero-order valence-electron chi connectivity index (χ0n) is 16.2. The fourth-order valence-electron chi connectivity index (χ4n) is 4.15. The highest BCUT2D eigenvalue weighted by Crippen LogP contribution is 2.35. The summed E-state index contributed by atoms with van der Waals surface area (Å²) in [6, 6.07) is 21.6. The van der Waals surface area contributed by atoms with Gasteiger partial charge in [-0.15, -0.1) is 11.3 Å². The van der Waals surface area contributed by atoms with Crippen LogP contribution < -0.4 is 10.6 Å². The van der Waals surface area contributed by atoms with Crippen LogP contribution in [-0.4, -0.2) is 13.1 Å². The first-order valence-electron chi connectivity index (χ1n) is 10.1. The van der Waals surface area contributed by atoms with Gasteiger partial charge in [0.25, 0.3) is 0 Å². The van der Waals surface area contributed by atoms with Crippen LogP contribution in [0, 0.1) is 0 Å². The maximum Gasteiger partial charge on any atom is 0.0640 e. The summed E-state index contributed by atoms with van der Waals surface area (Å²) in [5, 5.41) is 11.5. The Labute approximate surface area is 180 Å². The predicted octanol–water partition coefficient (Wildman–Crippen LogP) is 6.52. The number of nitrogens with one attached hydrogen (secondary N) is 2. The molecule has 1 aromatic heterocycles. The molecule has 0 spiro atoms. The number of hydrogen-bond acceptors (Lipinski definition) is 3. The molecule has 4 aromatic rings. The van der Waals surface area contributed by atoms with Crippen molar-refractivity contribution in [3.63, 3.8) is 0 Å². The number of hydrogen-bond donors (Lipinski definition) is 2. The summed E-state index contributed by atoms with van der Waals surface area (Å²) in [7, 11) is 0. The number of rotatable bonds is 4. The van der Waals surface area contributed by atoms with E-state index in [0.717, 1.165) is 43.2 Å². The van der Waals surface area contributed by atoms with E-state index >= 15 is 0 Å². The van der Waals surface area contributed by atoms with Gasteiger partial charge in [-0.1, -0.05) is 60.1 Å². The molecule has 0 aliphatic carbocycles. The smallest absolute Gasteiger partial charge is 0.0640 e. The molecule has 2 N–H and O–H groups in total. The van der Waals surface area contributed by atoms with Crippen LogP contribution in [0.25, 0.3) is 21.2 Å². The molecule has 0 radical (unpaired) electrons. The number of fused-ring (bicyclic) bond motifs is 2. The minimum Gasteiger partial charge on any atom is -0.380 e. The topological polar surface area (TPSA) is 24.1 Å². The van der Waals surface area contributed by atoms with Gasteiger partial charge in [0.05, 0.1) is 10.7 Å². The van der Waals surface area contributed by atoms with Crippen LogP contribution in [0.3, 0.4) is 0 Å². The third-order valence-corrected chi connectivity index (χ3v) is 6.94. The van der Waals surface area contributed by atoms with Gasteiger partial charge in [0.1, 0.15) is 0 Å². The molecule has 3 aromatic carbocycles. The second kappa shape index (κ2) is 8.19. The minimum absolute atomic E-state index is 0.776. The third kappa shape index (κ3) is 3.78. The SMILES string of the molecule is Clc1ccc2c(c1NCc1ccc3c(-c4ccccc4)csc3c1)CCNCC2. The molecule has 2 heterocycles. The first-order valence-corrected chi connectivity index (χ1v) is 11.4. The number of anilines is 1. The first-order chi connectivity index (χ1) is 14.3. The molecule has 0 saturated carbocycles. The Morgan fingerprint density at radius 2 is 1.83 bits per heavy atom. The number of thiophene rings is 1. The van der Waals surface area contributed by atoms with E-state index in [1.807, 2.05) is 17.4 Å². The fourth-order valence-corrected chi connectivity index (χ4v) is 5.43. The van der Waals surface area contributed by atoms with Crippen molar-refractivity contribution in [2.45, 2.75) is 19.4 Å². The van der Waals surface area contributed by atoms with E-state index in [1.54, 1.807) is 0 Å². The van der Waals surface area contributed by atoms with E-state index in [0.29, 0.717) is 0 Å². The lowest BCUT2D eigenvalue weighted by atomic mass is 10.0. The van der Waals surface area contributed by atoms with E-state index < -0.39 is 0 Å². The van der Waals surface area contributed by atoms with E-state index in [9.17, 15) is 0 Å². The molecule has 1 aliphatic rings. The summed E-state index contributed by atoms with van der Waals surface area (Å²) in [5.74, 6) is 0. The van der Waals surface area contributed by atoms with Gasteiger partial charge in [-0.2, -0.15) is 0 Å². The maximum atomic E-state index is 6.57. The van der Waals surface area contributed by atoms with Crippen molar-refractivity contribution in [2.24, 2.45) is 0 Å². The number of halogens is 1. The lowest BCUT2D eigenvalue weighted by Gasteiger charge is -2.16. The van der Waals surface area contributed by atoms with Gasteiger partial charge in [-0.3, -0.25) is 0 Å². The van der Waals surface area contributed by atoms with Gasteiger partial charge in [-0.05, 0) is 65.7 Å². The highest BCUT2D eigenvalue weighted by atomic mass is 35.5. The van der Waals surface area contributed by atoms with Crippen molar-refractivity contribution in [3.05, 3.63) is 87.8 Å². The summed E-state index contributed by atoms with van der Waals surface area (Å²) in [6.07, 6.45) is 2.08. The summed E-state index contributed by atoms with van der Waals surface area (Å²) in [6.45, 7) is 2.82. The molecule has 0 bridgehead atoms. The molecular formula is C25H23ClN2S. The quantitative estimate of drug-likeness (QED) is 0.394. The third-order valence-electron chi connectivity index (χ3n) is 5.68. The van der Waals surface area contributed by atoms with E-state index in [2.05, 4.69) is 70.6 Å². The van der Waals surface area contributed by atoms with Gasteiger partial charge in [0.2, 0.25) is 0 Å². The van der Waals surface area contributed by atoms with Crippen molar-refractivity contribution >= 4 is 38.7 Å². The molecule has 0 fully saturated rings. The average Bonchev–Trinajstić information content (AvgIpc) is 3.03. The van der Waals surface area contributed by atoms with Crippen molar-refractivity contribution in [3.8, 4) is 11.1 Å². The van der Waals surface area contributed by atoms with E-state index in [1.165, 1.54) is 37.9 Å². The second-order valence-corrected chi connectivity index (χ2v) is 8.83. The zero-order valence-corrected chi connectivity index (χ0v) is 17.7. The molecule has 5 rings (SSSR count). The van der Waals surface area contributed by atoms with Crippen molar-refractivity contribution in [1.82, 2.24) is 5.32 Å². The summed E-state index contributed by atoms with van der Waals surface area (Å²) >= 11 is 8.38. The van der Waals surface area contributed by atoms with Gasteiger partial charge >= 0.3 is 0 Å². The lowest BCUT2D eigenvalue weighted by Crippen LogP contribution is -2.16. The monoisotopic (exact) mass is 418 g/mol. The standard InChI is InChI=1S/C25H23ClN2S/c26-23-9-7-19-10-12-27-13-11-20(19)25(23)28-15-17-6-8-21-22(16-29-24(21)14-17)18-4-2-1-3-5-18/h1-9,14,16,27-28H,10-13,15H2. The molecule has 146 valence electrons. The normalized spacial score (nSPS) is 13.8. The molecule has 2 nitrogen and oxygen atoms in total. The summed E-state index contributed by atoms with van der Waals surface area (Å²) in [5.41, 5.74) is 7.74. The number of benzene rings is 3. The van der Waals surface area contributed by atoms with Crippen LogP contribution >= 0.6 is 22.9 Å². The van der Waals surface area contributed by atoms with Gasteiger partial charge in [0.15, 0.2) is 0 Å². The van der Waals surface area contributed by atoms with Crippen LogP contribution in [0.4, 0.5) is 5.69 Å². The molecule has 4 heteroatoms. The molecule has 1 aliphatic heterocycles. The lowest BCUT2D eigenvalue weighted by molar-refractivity contribution is 0.711. The molecular weight excluding hydrogens is 396 g/mol. The maximum absolute atomic E-state index is 6.57. The van der Waals surface area contributed by atoms with Crippen molar-refractivity contribution < 1.29 is 0 Å². The predicted molar refractivity (Wildman–Crippen MR) is 126 cm³/mol. The van der Waals surface area contributed by atoms with Crippen molar-refractivity contribution in [2.75, 3.05) is 18.4 Å². The molecule has 0 atom stereocenters. The first kappa shape index (κ1) is 18.7. The Hall–Kier alpha value is -2.33. The van der Waals surface area contributed by atoms with Crippen LogP contribution in [-0.2, 0) is 19.4 Å². The van der Waals surface area contributed by atoms with Crippen LogP contribution in [0.5, 0.6) is 0 Å². The minimum atomic E-state index is 0.776. The van der Waals surface area contributed by atoms with Crippen LogP contribution in [0.1, 0.15) is 16.7 Å². The summed E-state index contributed by atoms with van der Waals surface area (Å²) in [4.78, 5) is 0. The second-order valence-electron chi connectivity index (χ2n) is 7.51. The Balaban J connectivity index is 1.41. The molecule has 0 saturated heterocycles. The van der Waals surface area contributed by atoms with E-state index in [4.69, 9.17) is 11.6 Å². The van der Waals surface area contributed by atoms with Gasteiger partial charge in [0, 0.05) is 22.2 Å². The Kier molecular flexibility index (Phi) is 5.28. The highest BCUT2D eigenvalue weighted by Gasteiger charge is 2.15. The fraction of sp³-hybridized carbons (Fsp3) is 0.200.